The van der Waals surface area contributed by atoms with Gasteiger partial charge in [-0.25, -0.2) is 0 Å². The second-order valence-corrected chi connectivity index (χ2v) is 21.4. The molecule has 6 aromatic rings. The number of carbonyl (C=O) groups is 6. The lowest BCUT2D eigenvalue weighted by atomic mass is 9.91. The Kier molecular flexibility index (Phi) is 15.2. The van der Waals surface area contributed by atoms with E-state index < -0.39 is 46.2 Å². The summed E-state index contributed by atoms with van der Waals surface area (Å²) >= 11 is 7.19. The zero-order valence-electron chi connectivity index (χ0n) is 41.4. The molecule has 3 aliphatic rings. The summed E-state index contributed by atoms with van der Waals surface area (Å²) in [5.41, 5.74) is 4.18. The van der Waals surface area contributed by atoms with Crippen molar-refractivity contribution in [1.82, 2.24) is 31.9 Å². The van der Waals surface area contributed by atoms with Gasteiger partial charge < -0.3 is 36.6 Å². The largest absolute Gasteiger partial charge is 0.497 e. The molecule has 3 aliphatic carbocycles. The Bertz CT molecular complexity index is 3110. The summed E-state index contributed by atoms with van der Waals surface area (Å²) in [5.74, 6) is -1.44. The fourth-order valence-corrected chi connectivity index (χ4v) is 10.6. The molecule has 6 amide bonds. The summed E-state index contributed by atoms with van der Waals surface area (Å²) in [6.45, 7) is 2.17. The van der Waals surface area contributed by atoms with E-state index in [1.807, 2.05) is 122 Å². The first-order valence-electron chi connectivity index (χ1n) is 24.8. The normalized spacial score (nSPS) is 16.4. The summed E-state index contributed by atoms with van der Waals surface area (Å²) < 4.78 is 7.42. The smallest absolute Gasteiger partial charge is 0.247 e. The molecule has 9 rings (SSSR count). The topological polar surface area (TPSA) is 184 Å². The second kappa shape index (κ2) is 21.8. The van der Waals surface area contributed by atoms with Crippen LogP contribution in [0.25, 0.3) is 0 Å². The van der Waals surface area contributed by atoms with Crippen molar-refractivity contribution in [2.75, 3.05) is 14.2 Å². The standard InChI is InChI=1S/C59H58Br2N6O7/c1-36-27-42(19-20-47(36)61)57(21-22-57)54(71)66-49(40-15-9-5-10-16-40)53(70)64-35-38-29-44(33-46(31-38)74-3)59(25-26-59)56(73)67-50(41-17-11-6-12-18-41)52(69)63-34-37-28-43(32-45(60)30-37)58(23-24-58)55(72)65-48(51(68)62-2)39-13-7-4-8-14-39/h4-20,27-33,48-50H,21-26,34-35H2,1-3H3,(H,62,68)(H,63,69)(H,64,70)(H,65,72)(H,66,71)(H,67,73). The summed E-state index contributed by atoms with van der Waals surface area (Å²) in [7, 11) is 3.08. The van der Waals surface area contributed by atoms with Gasteiger partial charge in [-0.1, -0.05) is 147 Å². The minimum Gasteiger partial charge on any atom is -0.497 e. The number of hydrogen-bond donors (Lipinski definition) is 6. The molecule has 13 nitrogen and oxygen atoms in total. The third kappa shape index (κ3) is 11.0. The highest BCUT2D eigenvalue weighted by atomic mass is 79.9. The molecule has 3 unspecified atom stereocenters. The van der Waals surface area contributed by atoms with Crippen molar-refractivity contribution in [3.8, 4) is 5.75 Å². The van der Waals surface area contributed by atoms with E-state index in [4.69, 9.17) is 4.74 Å². The van der Waals surface area contributed by atoms with Crippen LogP contribution in [0.3, 0.4) is 0 Å². The number of aryl methyl sites for hydroxylation is 1. The van der Waals surface area contributed by atoms with Crippen molar-refractivity contribution in [3.05, 3.63) is 205 Å². The minimum atomic E-state index is -1.05. The van der Waals surface area contributed by atoms with Gasteiger partial charge >= 0.3 is 0 Å². The van der Waals surface area contributed by atoms with E-state index in [-0.39, 0.29) is 36.7 Å². The average Bonchev–Trinajstić information content (AvgIpc) is 4.30. The van der Waals surface area contributed by atoms with E-state index in [2.05, 4.69) is 63.8 Å². The maximum Gasteiger partial charge on any atom is 0.247 e. The molecule has 380 valence electrons. The zero-order chi connectivity index (χ0) is 52.2. The number of methoxy groups -OCH3 is 1. The van der Waals surface area contributed by atoms with Gasteiger partial charge in [0, 0.05) is 29.1 Å². The van der Waals surface area contributed by atoms with E-state index in [1.54, 1.807) is 37.4 Å². The number of rotatable bonds is 20. The Morgan fingerprint density at radius 3 is 1.31 bits per heavy atom. The molecule has 15 heteroatoms. The lowest BCUT2D eigenvalue weighted by molar-refractivity contribution is -0.130. The lowest BCUT2D eigenvalue weighted by Crippen LogP contribution is -2.44. The predicted octanol–water partition coefficient (Wildman–Crippen LogP) is 8.57. The van der Waals surface area contributed by atoms with Crippen molar-refractivity contribution >= 4 is 67.3 Å². The molecule has 6 N–H and O–H groups in total. The number of carbonyl (C=O) groups excluding carboxylic acids is 6. The highest BCUT2D eigenvalue weighted by Gasteiger charge is 2.54. The number of halogens is 2. The molecule has 0 radical (unpaired) electrons. The first kappa shape index (κ1) is 51.8. The van der Waals surface area contributed by atoms with Crippen LogP contribution >= 0.6 is 31.9 Å². The predicted molar refractivity (Wildman–Crippen MR) is 288 cm³/mol. The summed E-state index contributed by atoms with van der Waals surface area (Å²) in [6.07, 6.45) is 3.58. The van der Waals surface area contributed by atoms with E-state index >= 15 is 0 Å². The summed E-state index contributed by atoms with van der Waals surface area (Å²) in [6, 6.07) is 41.5. The van der Waals surface area contributed by atoms with Gasteiger partial charge in [0.1, 0.15) is 23.9 Å². The number of ether oxygens (including phenoxy) is 1. The monoisotopic (exact) mass is 1120 g/mol. The number of amides is 6. The van der Waals surface area contributed by atoms with Gasteiger partial charge in [0.2, 0.25) is 35.4 Å². The van der Waals surface area contributed by atoms with Crippen molar-refractivity contribution in [2.45, 2.75) is 92.9 Å². The van der Waals surface area contributed by atoms with Gasteiger partial charge in [0.15, 0.2) is 0 Å². The Morgan fingerprint density at radius 2 is 0.905 bits per heavy atom. The van der Waals surface area contributed by atoms with Crippen LogP contribution in [0, 0.1) is 6.92 Å². The molecule has 3 saturated carbocycles. The third-order valence-electron chi connectivity index (χ3n) is 14.7. The number of hydrogen-bond acceptors (Lipinski definition) is 7. The van der Waals surface area contributed by atoms with Crippen molar-refractivity contribution < 1.29 is 33.5 Å². The molecule has 3 fully saturated rings. The Morgan fingerprint density at radius 1 is 0.500 bits per heavy atom. The Balaban J connectivity index is 0.886. The van der Waals surface area contributed by atoms with Gasteiger partial charge in [-0.2, -0.15) is 0 Å². The summed E-state index contributed by atoms with van der Waals surface area (Å²) in [4.78, 5) is 84.1. The van der Waals surface area contributed by atoms with Gasteiger partial charge in [0.25, 0.3) is 0 Å². The van der Waals surface area contributed by atoms with E-state index in [9.17, 15) is 28.8 Å². The maximum absolute atomic E-state index is 14.6. The van der Waals surface area contributed by atoms with E-state index in [0.717, 1.165) is 31.2 Å². The molecule has 6 aromatic carbocycles. The lowest BCUT2D eigenvalue weighted by Gasteiger charge is -2.24. The van der Waals surface area contributed by atoms with Crippen LogP contribution in [0.2, 0.25) is 0 Å². The quantitative estimate of drug-likeness (QED) is 0.0443. The highest BCUT2D eigenvalue weighted by Crippen LogP contribution is 2.52. The molecular formula is C59H58Br2N6O7. The molecule has 0 spiro atoms. The molecular weight excluding hydrogens is 1060 g/mol. The molecule has 0 heterocycles. The third-order valence-corrected chi connectivity index (χ3v) is 16.1. The van der Waals surface area contributed by atoms with Crippen LogP contribution in [-0.4, -0.2) is 49.6 Å². The van der Waals surface area contributed by atoms with Crippen molar-refractivity contribution in [1.29, 1.82) is 0 Å². The summed E-state index contributed by atoms with van der Waals surface area (Å²) in [5, 5.41) is 17.9. The molecule has 0 aliphatic heterocycles. The van der Waals surface area contributed by atoms with Crippen LogP contribution in [0.4, 0.5) is 0 Å². The van der Waals surface area contributed by atoms with Crippen LogP contribution in [0.5, 0.6) is 5.75 Å². The first-order chi connectivity index (χ1) is 35.7. The van der Waals surface area contributed by atoms with Crippen LogP contribution in [0.1, 0.15) is 107 Å². The molecule has 3 atom stereocenters. The van der Waals surface area contributed by atoms with Crippen molar-refractivity contribution in [2.24, 2.45) is 0 Å². The van der Waals surface area contributed by atoms with Gasteiger partial charge in [0.05, 0.1) is 23.4 Å². The zero-order valence-corrected chi connectivity index (χ0v) is 44.5. The SMILES string of the molecule is CNC(=O)C(NC(=O)C1(c2cc(Br)cc(CNC(=O)C(NC(=O)C3(c4cc(CNC(=O)C(NC(=O)C5(c6ccc(Br)c(C)c6)CC5)c5ccccc5)cc(OC)c4)CC3)c3ccccc3)c2)CC1)c1ccccc1. The molecule has 0 bridgehead atoms. The van der Waals surface area contributed by atoms with Crippen molar-refractivity contribution in [3.63, 3.8) is 0 Å². The van der Waals surface area contributed by atoms with Crippen LogP contribution in [-0.2, 0) is 58.1 Å². The number of likely N-dealkylation sites (N-methyl/N-ethyl adjacent to an activating group) is 1. The maximum atomic E-state index is 14.6. The minimum absolute atomic E-state index is 0.0827. The average molecular weight is 1120 g/mol. The number of nitrogens with one attached hydrogen (secondary N) is 6. The Hall–Kier alpha value is -7.10. The van der Waals surface area contributed by atoms with E-state index in [1.165, 1.54) is 7.05 Å². The molecule has 0 saturated heterocycles. The highest BCUT2D eigenvalue weighted by molar-refractivity contribution is 9.10. The van der Waals surface area contributed by atoms with Gasteiger partial charge in [-0.05, 0) is 126 Å². The number of benzene rings is 6. The first-order valence-corrected chi connectivity index (χ1v) is 26.4. The second-order valence-electron chi connectivity index (χ2n) is 19.6. The van der Waals surface area contributed by atoms with E-state index in [0.29, 0.717) is 72.1 Å². The Labute approximate surface area is 447 Å². The fraction of sp³-hybridized carbons (Fsp3) is 0.288. The molecule has 0 aromatic heterocycles. The fourth-order valence-electron chi connectivity index (χ4n) is 9.82. The van der Waals surface area contributed by atoms with Crippen LogP contribution < -0.4 is 36.6 Å². The van der Waals surface area contributed by atoms with Gasteiger partial charge in [-0.15, -0.1) is 0 Å². The van der Waals surface area contributed by atoms with Gasteiger partial charge in [-0.3, -0.25) is 28.8 Å². The van der Waals surface area contributed by atoms with Crippen LogP contribution in [0.15, 0.2) is 155 Å². The molecule has 74 heavy (non-hydrogen) atoms.